The molecule has 0 aromatic carbocycles. The second kappa shape index (κ2) is 5.10. The normalized spacial score (nSPS) is 19.6. The van der Waals surface area contributed by atoms with Crippen molar-refractivity contribution in [3.8, 4) is 0 Å². The summed E-state index contributed by atoms with van der Waals surface area (Å²) in [6.45, 7) is 3.59. The predicted octanol–water partition coefficient (Wildman–Crippen LogP) is 1.39. The van der Waals surface area contributed by atoms with Gasteiger partial charge in [0, 0.05) is 18.4 Å². The molecular weight excluding hydrogens is 264 g/mol. The zero-order chi connectivity index (χ0) is 13.2. The van der Waals surface area contributed by atoms with Crippen molar-refractivity contribution in [1.82, 2.24) is 19.9 Å². The molecule has 1 saturated heterocycles. The van der Waals surface area contributed by atoms with E-state index in [1.165, 1.54) is 11.3 Å². The molecular formula is C12H14N4O2S. The molecule has 1 aliphatic heterocycles. The molecule has 100 valence electrons. The molecule has 19 heavy (non-hydrogen) atoms. The van der Waals surface area contributed by atoms with E-state index in [2.05, 4.69) is 15.0 Å². The Morgan fingerprint density at radius 2 is 2.47 bits per heavy atom. The standard InChI is InChI=1S/C12H14N4O2S/c1-8-4-14-11(15-8)9-6-16(2-3-18-9)12(17)10-5-13-7-19-10/h4-5,7,9H,2-3,6H2,1H3,(H,14,15). The Hall–Kier alpha value is -1.73. The lowest BCUT2D eigenvalue weighted by molar-refractivity contribution is -0.0263. The number of ether oxygens (including phenoxy) is 1. The number of carbonyl (C=O) groups excluding carboxylic acids is 1. The quantitative estimate of drug-likeness (QED) is 0.901. The zero-order valence-electron chi connectivity index (χ0n) is 10.5. The molecule has 1 aliphatic rings. The number of aryl methyl sites for hydroxylation is 1. The Kier molecular flexibility index (Phi) is 3.31. The molecule has 3 rings (SSSR count). The van der Waals surface area contributed by atoms with Gasteiger partial charge in [0.05, 0.1) is 24.9 Å². The van der Waals surface area contributed by atoms with Crippen LogP contribution in [-0.2, 0) is 4.74 Å². The number of aromatic nitrogens is 3. The molecule has 0 saturated carbocycles. The van der Waals surface area contributed by atoms with Crippen LogP contribution in [0, 0.1) is 6.92 Å². The van der Waals surface area contributed by atoms with Crippen LogP contribution in [0.15, 0.2) is 17.9 Å². The monoisotopic (exact) mass is 278 g/mol. The van der Waals surface area contributed by atoms with Crippen LogP contribution in [0.3, 0.4) is 0 Å². The Morgan fingerprint density at radius 3 is 3.16 bits per heavy atom. The topological polar surface area (TPSA) is 71.1 Å². The largest absolute Gasteiger partial charge is 0.367 e. The van der Waals surface area contributed by atoms with Crippen LogP contribution < -0.4 is 0 Å². The average Bonchev–Trinajstić information content (AvgIpc) is 3.09. The number of hydrogen-bond acceptors (Lipinski definition) is 5. The molecule has 3 heterocycles. The molecule has 0 spiro atoms. The van der Waals surface area contributed by atoms with E-state index < -0.39 is 0 Å². The zero-order valence-corrected chi connectivity index (χ0v) is 11.3. The van der Waals surface area contributed by atoms with Crippen molar-refractivity contribution in [3.63, 3.8) is 0 Å². The van der Waals surface area contributed by atoms with E-state index in [4.69, 9.17) is 4.74 Å². The van der Waals surface area contributed by atoms with Gasteiger partial charge in [-0.25, -0.2) is 4.98 Å². The number of nitrogens with zero attached hydrogens (tertiary/aromatic N) is 3. The first-order valence-electron chi connectivity index (χ1n) is 6.05. The fourth-order valence-corrected chi connectivity index (χ4v) is 2.66. The minimum absolute atomic E-state index is 0.0130. The molecule has 1 unspecified atom stereocenters. The van der Waals surface area contributed by atoms with E-state index >= 15 is 0 Å². The third-order valence-corrected chi connectivity index (χ3v) is 3.79. The van der Waals surface area contributed by atoms with Gasteiger partial charge in [-0.05, 0) is 6.92 Å². The minimum atomic E-state index is -0.181. The van der Waals surface area contributed by atoms with Crippen LogP contribution in [-0.4, -0.2) is 45.5 Å². The number of carbonyl (C=O) groups is 1. The number of hydrogen-bond donors (Lipinski definition) is 1. The van der Waals surface area contributed by atoms with Crippen molar-refractivity contribution in [2.24, 2.45) is 0 Å². The van der Waals surface area contributed by atoms with E-state index in [0.717, 1.165) is 11.5 Å². The number of aromatic amines is 1. The van der Waals surface area contributed by atoms with Crippen LogP contribution in [0.2, 0.25) is 0 Å². The molecule has 0 aliphatic carbocycles. The van der Waals surface area contributed by atoms with Gasteiger partial charge in [-0.2, -0.15) is 0 Å². The summed E-state index contributed by atoms with van der Waals surface area (Å²) in [7, 11) is 0. The molecule has 1 amide bonds. The van der Waals surface area contributed by atoms with Gasteiger partial charge >= 0.3 is 0 Å². The maximum absolute atomic E-state index is 12.3. The second-order valence-corrected chi connectivity index (χ2v) is 5.31. The third kappa shape index (κ3) is 2.52. The third-order valence-electron chi connectivity index (χ3n) is 3.02. The highest BCUT2D eigenvalue weighted by Gasteiger charge is 2.28. The number of imidazole rings is 1. The highest BCUT2D eigenvalue weighted by molar-refractivity contribution is 7.11. The molecule has 2 aromatic heterocycles. The van der Waals surface area contributed by atoms with Crippen LogP contribution in [0.4, 0.5) is 0 Å². The fourth-order valence-electron chi connectivity index (χ4n) is 2.07. The van der Waals surface area contributed by atoms with Gasteiger partial charge in [0.1, 0.15) is 16.8 Å². The van der Waals surface area contributed by atoms with Crippen LogP contribution in [0.25, 0.3) is 0 Å². The van der Waals surface area contributed by atoms with E-state index in [0.29, 0.717) is 24.6 Å². The molecule has 1 atom stereocenters. The second-order valence-electron chi connectivity index (χ2n) is 4.43. The summed E-state index contributed by atoms with van der Waals surface area (Å²) in [6.07, 6.45) is 3.19. The SMILES string of the molecule is Cc1cnc(C2CN(C(=O)c3cncs3)CCO2)[nH]1. The number of morpholine rings is 1. The van der Waals surface area contributed by atoms with E-state index in [9.17, 15) is 4.79 Å². The maximum Gasteiger partial charge on any atom is 0.265 e. The lowest BCUT2D eigenvalue weighted by Crippen LogP contribution is -2.42. The van der Waals surface area contributed by atoms with Crippen molar-refractivity contribution >= 4 is 17.2 Å². The number of rotatable bonds is 2. The molecule has 1 fully saturated rings. The molecule has 6 nitrogen and oxygen atoms in total. The van der Waals surface area contributed by atoms with Crippen molar-refractivity contribution < 1.29 is 9.53 Å². The lowest BCUT2D eigenvalue weighted by Gasteiger charge is -2.31. The highest BCUT2D eigenvalue weighted by Crippen LogP contribution is 2.21. The Labute approximate surface area is 114 Å². The van der Waals surface area contributed by atoms with Gasteiger partial charge in [-0.15, -0.1) is 11.3 Å². The Morgan fingerprint density at radius 1 is 1.58 bits per heavy atom. The molecule has 2 aromatic rings. The number of thiazole rings is 1. The van der Waals surface area contributed by atoms with Crippen molar-refractivity contribution in [1.29, 1.82) is 0 Å². The summed E-state index contributed by atoms with van der Waals surface area (Å²) in [5.74, 6) is 0.790. The summed E-state index contributed by atoms with van der Waals surface area (Å²) < 4.78 is 5.68. The van der Waals surface area contributed by atoms with Gasteiger partial charge < -0.3 is 14.6 Å². The first-order chi connectivity index (χ1) is 9.24. The van der Waals surface area contributed by atoms with Crippen LogP contribution in [0.5, 0.6) is 0 Å². The predicted molar refractivity (Wildman–Crippen MR) is 70.0 cm³/mol. The van der Waals surface area contributed by atoms with Crippen molar-refractivity contribution in [2.75, 3.05) is 19.7 Å². The van der Waals surface area contributed by atoms with Gasteiger partial charge in [0.2, 0.25) is 0 Å². The number of amides is 1. The van der Waals surface area contributed by atoms with Crippen molar-refractivity contribution in [2.45, 2.75) is 13.0 Å². The smallest absolute Gasteiger partial charge is 0.265 e. The Balaban J connectivity index is 1.73. The van der Waals surface area contributed by atoms with Crippen molar-refractivity contribution in [3.05, 3.63) is 34.3 Å². The Bertz CT molecular complexity index is 566. The molecule has 0 radical (unpaired) electrons. The number of nitrogens with one attached hydrogen (secondary N) is 1. The summed E-state index contributed by atoms with van der Waals surface area (Å²) in [6, 6.07) is 0. The average molecular weight is 278 g/mol. The van der Waals surface area contributed by atoms with Gasteiger partial charge in [0.25, 0.3) is 5.91 Å². The first-order valence-corrected chi connectivity index (χ1v) is 6.93. The summed E-state index contributed by atoms with van der Waals surface area (Å²) in [5.41, 5.74) is 2.66. The van der Waals surface area contributed by atoms with Gasteiger partial charge in [-0.3, -0.25) is 9.78 Å². The summed E-state index contributed by atoms with van der Waals surface area (Å²) in [4.78, 5) is 26.1. The van der Waals surface area contributed by atoms with E-state index in [1.807, 2.05) is 6.92 Å². The summed E-state index contributed by atoms with van der Waals surface area (Å²) in [5, 5.41) is 0. The van der Waals surface area contributed by atoms with E-state index in [-0.39, 0.29) is 12.0 Å². The fraction of sp³-hybridized carbons (Fsp3) is 0.417. The van der Waals surface area contributed by atoms with Gasteiger partial charge in [-0.1, -0.05) is 0 Å². The lowest BCUT2D eigenvalue weighted by atomic mass is 10.2. The maximum atomic E-state index is 12.3. The first kappa shape index (κ1) is 12.3. The highest BCUT2D eigenvalue weighted by atomic mass is 32.1. The number of H-pyrrole nitrogens is 1. The van der Waals surface area contributed by atoms with Crippen LogP contribution >= 0.6 is 11.3 Å². The van der Waals surface area contributed by atoms with Crippen LogP contribution in [0.1, 0.15) is 27.3 Å². The summed E-state index contributed by atoms with van der Waals surface area (Å²) >= 11 is 1.36. The minimum Gasteiger partial charge on any atom is -0.367 e. The van der Waals surface area contributed by atoms with E-state index in [1.54, 1.807) is 22.8 Å². The molecule has 0 bridgehead atoms. The molecule has 7 heteroatoms. The molecule has 1 N–H and O–H groups in total. The van der Waals surface area contributed by atoms with Gasteiger partial charge in [0.15, 0.2) is 0 Å².